The molecule has 2 aliphatic rings. The Morgan fingerprint density at radius 1 is 1.04 bits per heavy atom. The van der Waals surface area contributed by atoms with Crippen LogP contribution in [0.2, 0.25) is 0 Å². The van der Waals surface area contributed by atoms with Gasteiger partial charge in [0.05, 0.1) is 0 Å². The van der Waals surface area contributed by atoms with Crippen LogP contribution in [0, 0.1) is 5.41 Å². The second kappa shape index (κ2) is 7.72. The van der Waals surface area contributed by atoms with E-state index in [1.165, 1.54) is 24.9 Å². The Morgan fingerprint density at radius 3 is 2.35 bits per heavy atom. The molecule has 2 aliphatic carbocycles. The first kappa shape index (κ1) is 20.0. The molecule has 3 rings (SSSR count). The predicted octanol–water partition coefficient (Wildman–Crippen LogP) is 6.20. The van der Waals surface area contributed by atoms with Crippen LogP contribution in [0.4, 0.5) is 0 Å². The molecule has 0 radical (unpaired) electrons. The number of hydrogen-bond donors (Lipinski definition) is 0. The second-order valence-corrected chi connectivity index (χ2v) is 12.0. The zero-order chi connectivity index (χ0) is 19.1. The first-order chi connectivity index (χ1) is 12.2. The van der Waals surface area contributed by atoms with Crippen molar-refractivity contribution >= 4 is 6.08 Å². The van der Waals surface area contributed by atoms with Crippen LogP contribution in [0.25, 0.3) is 6.08 Å². The van der Waals surface area contributed by atoms with Crippen LogP contribution in [0.1, 0.15) is 64.5 Å². The van der Waals surface area contributed by atoms with E-state index in [0.717, 1.165) is 0 Å². The van der Waals surface area contributed by atoms with Gasteiger partial charge in [0.2, 0.25) is 0 Å². The van der Waals surface area contributed by atoms with Crippen molar-refractivity contribution in [2.75, 3.05) is 20.6 Å². The molecule has 0 bridgehead atoms. The quantitative estimate of drug-likeness (QED) is 0.523. The molecular weight excluding hydrogens is 393 g/mol. The summed E-state index contributed by atoms with van der Waals surface area (Å²) >= 11 is -0.770. The van der Waals surface area contributed by atoms with E-state index in [0.29, 0.717) is 5.92 Å². The first-order valence-electron chi connectivity index (χ1n) is 9.85. The van der Waals surface area contributed by atoms with Crippen LogP contribution >= 0.6 is 0 Å². The van der Waals surface area contributed by atoms with E-state index < -0.39 is 23.2 Å². The molecule has 0 saturated heterocycles. The summed E-state index contributed by atoms with van der Waals surface area (Å²) in [6.07, 6.45) is 5.13. The molecule has 138 valence electrons. The van der Waals surface area contributed by atoms with Gasteiger partial charge in [0.15, 0.2) is 0 Å². The van der Waals surface area contributed by atoms with E-state index >= 15 is 0 Å². The van der Waals surface area contributed by atoms with Crippen molar-refractivity contribution in [2.24, 2.45) is 5.41 Å². The summed E-state index contributed by atoms with van der Waals surface area (Å²) in [5.74, 6) is 0.662. The molecule has 0 N–H and O–H groups in total. The fourth-order valence-electron chi connectivity index (χ4n) is 4.43. The van der Waals surface area contributed by atoms with Crippen LogP contribution in [0.5, 0.6) is 0 Å². The van der Waals surface area contributed by atoms with E-state index in [1.54, 1.807) is 28.8 Å². The van der Waals surface area contributed by atoms with Crippen molar-refractivity contribution in [1.82, 2.24) is 4.90 Å². The van der Waals surface area contributed by atoms with Crippen molar-refractivity contribution in [3.8, 4) is 0 Å². The van der Waals surface area contributed by atoms with Crippen LogP contribution < -0.4 is 0 Å². The minimum absolute atomic E-state index is 0.268. The number of fused-ring (bicyclic) bond motifs is 1. The third kappa shape index (κ3) is 3.65. The molecule has 1 unspecified atom stereocenters. The zero-order valence-corrected chi connectivity index (χ0v) is 20.0. The second-order valence-electron chi connectivity index (χ2n) is 8.73. The number of hydrogen-bond acceptors (Lipinski definition) is 1. The van der Waals surface area contributed by atoms with Gasteiger partial charge in [-0.05, 0) is 0 Å². The number of benzene rings is 1. The Morgan fingerprint density at radius 2 is 1.73 bits per heavy atom. The number of allylic oxidation sites excluding steroid dienone is 5. The molecule has 1 aromatic carbocycles. The third-order valence-corrected chi connectivity index (χ3v) is 11.5. The molecule has 1 aromatic rings. The van der Waals surface area contributed by atoms with Gasteiger partial charge in [-0.2, -0.15) is 0 Å². The maximum absolute atomic E-state index is 2.56. The fraction of sp³-hybridized carbons (Fsp3) is 0.500. The number of rotatable bonds is 6. The third-order valence-electron chi connectivity index (χ3n) is 6.49. The Labute approximate surface area is 171 Å². The summed E-state index contributed by atoms with van der Waals surface area (Å²) in [7, 11) is 4.37. The van der Waals surface area contributed by atoms with Gasteiger partial charge in [-0.15, -0.1) is 0 Å². The van der Waals surface area contributed by atoms with Gasteiger partial charge in [-0.3, -0.25) is 0 Å². The molecule has 1 atom stereocenters. The topological polar surface area (TPSA) is 3.24 Å². The van der Waals surface area contributed by atoms with Gasteiger partial charge in [-0.1, -0.05) is 0 Å². The Hall–Kier alpha value is -0.717. The van der Waals surface area contributed by atoms with Crippen LogP contribution in [-0.2, 0) is 23.2 Å². The minimum atomic E-state index is -0.770. The average molecular weight is 427 g/mol. The van der Waals surface area contributed by atoms with Crippen molar-refractivity contribution in [1.29, 1.82) is 0 Å². The molecule has 1 nitrogen and oxygen atoms in total. The molecule has 0 heterocycles. The SMILES string of the molecule is CC1=C(C)C(C)(C)[C]([Zr][C]2=Cc3ccccc3C2CCCN(C)C)=C1C. The van der Waals surface area contributed by atoms with E-state index in [4.69, 9.17) is 0 Å². The van der Waals surface area contributed by atoms with Crippen LogP contribution in [0.3, 0.4) is 0 Å². The number of nitrogens with zero attached hydrogens (tertiary/aromatic N) is 1. The summed E-state index contributed by atoms with van der Waals surface area (Å²) in [5.41, 5.74) is 8.07. The molecule has 0 aromatic heterocycles. The van der Waals surface area contributed by atoms with Gasteiger partial charge in [-0.25, -0.2) is 0 Å². The summed E-state index contributed by atoms with van der Waals surface area (Å²) in [6.45, 7) is 13.1. The molecule has 26 heavy (non-hydrogen) atoms. The van der Waals surface area contributed by atoms with Crippen molar-refractivity contribution < 1.29 is 23.2 Å². The first-order valence-corrected chi connectivity index (χ1v) is 12.3. The summed E-state index contributed by atoms with van der Waals surface area (Å²) in [4.78, 5) is 2.31. The average Bonchev–Trinajstić information content (AvgIpc) is 3.00. The van der Waals surface area contributed by atoms with Crippen molar-refractivity contribution in [2.45, 2.75) is 53.4 Å². The summed E-state index contributed by atoms with van der Waals surface area (Å²) < 4.78 is 3.59. The van der Waals surface area contributed by atoms with Gasteiger partial charge in [0.25, 0.3) is 0 Å². The maximum atomic E-state index is 2.56. The fourth-order valence-corrected chi connectivity index (χ4v) is 9.01. The zero-order valence-electron chi connectivity index (χ0n) is 17.5. The Kier molecular flexibility index (Phi) is 5.95. The van der Waals surface area contributed by atoms with Crippen LogP contribution in [0.15, 0.2) is 47.5 Å². The summed E-state index contributed by atoms with van der Waals surface area (Å²) in [6, 6.07) is 9.10. The van der Waals surface area contributed by atoms with E-state index in [2.05, 4.69) is 84.0 Å². The van der Waals surface area contributed by atoms with Crippen molar-refractivity contribution in [3.63, 3.8) is 0 Å². The monoisotopic (exact) mass is 425 g/mol. The van der Waals surface area contributed by atoms with Gasteiger partial charge in [0.1, 0.15) is 0 Å². The molecule has 0 aliphatic heterocycles. The summed E-state index contributed by atoms with van der Waals surface area (Å²) in [5, 5.41) is 0. The van der Waals surface area contributed by atoms with Gasteiger partial charge >= 0.3 is 172 Å². The normalized spacial score (nSPS) is 21.5. The molecule has 2 heteroatoms. The van der Waals surface area contributed by atoms with E-state index in [1.807, 2.05) is 0 Å². The standard InChI is InChI=1S/C14H18N.C10H15.Zr/c1-15(2)11-5-7-13-10-9-12-6-3-4-8-14(12)13;1-7-6-10(4,5)9(3)8(7)2;/h3-4,6,8-9,13H,5,7,11H2,1-2H3;1-5H3;. The van der Waals surface area contributed by atoms with E-state index in [9.17, 15) is 0 Å². The molecular formula is C24H33NZr. The molecule has 0 fully saturated rings. The Balaban J connectivity index is 1.87. The predicted molar refractivity (Wildman–Crippen MR) is 110 cm³/mol. The van der Waals surface area contributed by atoms with E-state index in [-0.39, 0.29) is 5.41 Å². The molecule has 0 amide bonds. The van der Waals surface area contributed by atoms with Crippen LogP contribution in [-0.4, -0.2) is 25.5 Å². The molecule has 0 saturated carbocycles. The van der Waals surface area contributed by atoms with Crippen molar-refractivity contribution in [3.05, 3.63) is 58.7 Å². The van der Waals surface area contributed by atoms with Gasteiger partial charge in [0, 0.05) is 0 Å². The Bertz CT molecular complexity index is 792. The molecule has 0 spiro atoms. The van der Waals surface area contributed by atoms with Gasteiger partial charge < -0.3 is 0 Å².